The van der Waals surface area contributed by atoms with Crippen LogP contribution in [0.25, 0.3) is 0 Å². The third-order valence-electron chi connectivity index (χ3n) is 0.570. The molecular formula is C2H4N2O2S. The first-order valence-electron chi connectivity index (χ1n) is 1.71. The number of sulfonamides is 1. The Morgan fingerprint density at radius 2 is 2.43 bits per heavy atom. The fraction of sp³-hybridized carbons (Fsp3) is 0.500. The van der Waals surface area contributed by atoms with E-state index in [4.69, 9.17) is 0 Å². The highest BCUT2D eigenvalue weighted by Crippen LogP contribution is 1.90. The predicted molar refractivity (Wildman–Crippen MR) is 25.4 cm³/mol. The van der Waals surface area contributed by atoms with Gasteiger partial charge in [-0.15, -0.1) is 0 Å². The van der Waals surface area contributed by atoms with Gasteiger partial charge in [0.1, 0.15) is 12.2 Å². The molecule has 0 spiro atoms. The Bertz CT molecular complexity index is 180. The van der Waals surface area contributed by atoms with Gasteiger partial charge in [-0.25, -0.2) is 8.42 Å². The SMILES string of the molecule is O=S1(=O)CNC=N1. The highest BCUT2D eigenvalue weighted by Gasteiger charge is 2.09. The van der Waals surface area contributed by atoms with Crippen molar-refractivity contribution in [3.8, 4) is 0 Å². The van der Waals surface area contributed by atoms with E-state index < -0.39 is 10.0 Å². The molecule has 0 aliphatic carbocycles. The van der Waals surface area contributed by atoms with E-state index in [9.17, 15) is 8.42 Å². The number of hydrogen-bond acceptors (Lipinski definition) is 3. The summed E-state index contributed by atoms with van der Waals surface area (Å²) in [6, 6.07) is 0. The van der Waals surface area contributed by atoms with Gasteiger partial charge in [-0.1, -0.05) is 0 Å². The summed E-state index contributed by atoms with van der Waals surface area (Å²) in [4.78, 5) is 0. The number of nitrogens with zero attached hydrogens (tertiary/aromatic N) is 1. The van der Waals surface area contributed by atoms with Crippen LogP contribution < -0.4 is 5.32 Å². The lowest BCUT2D eigenvalue weighted by Crippen LogP contribution is -2.09. The molecule has 0 fully saturated rings. The van der Waals surface area contributed by atoms with E-state index in [1.165, 1.54) is 6.34 Å². The molecule has 0 aromatic rings. The van der Waals surface area contributed by atoms with Gasteiger partial charge in [-0.2, -0.15) is 4.40 Å². The minimum absolute atomic E-state index is 0.0486. The molecule has 0 bridgehead atoms. The van der Waals surface area contributed by atoms with Crippen molar-refractivity contribution in [1.29, 1.82) is 0 Å². The summed E-state index contributed by atoms with van der Waals surface area (Å²) in [5.41, 5.74) is 0. The van der Waals surface area contributed by atoms with Gasteiger partial charge in [0.25, 0.3) is 10.0 Å². The van der Waals surface area contributed by atoms with Crippen LogP contribution in [0.15, 0.2) is 4.40 Å². The Morgan fingerprint density at radius 3 is 2.57 bits per heavy atom. The van der Waals surface area contributed by atoms with E-state index in [0.717, 1.165) is 0 Å². The Kier molecular flexibility index (Phi) is 0.780. The van der Waals surface area contributed by atoms with Crippen molar-refractivity contribution in [1.82, 2.24) is 5.32 Å². The molecule has 1 rings (SSSR count). The van der Waals surface area contributed by atoms with Crippen molar-refractivity contribution >= 4 is 16.4 Å². The smallest absolute Gasteiger partial charge is 0.272 e. The van der Waals surface area contributed by atoms with Crippen molar-refractivity contribution < 1.29 is 8.42 Å². The molecule has 1 aliphatic heterocycles. The van der Waals surface area contributed by atoms with Crippen LogP contribution in [0.4, 0.5) is 0 Å². The van der Waals surface area contributed by atoms with Crippen LogP contribution in [-0.4, -0.2) is 20.6 Å². The fourth-order valence-corrected chi connectivity index (χ4v) is 0.892. The van der Waals surface area contributed by atoms with E-state index in [0.29, 0.717) is 0 Å². The van der Waals surface area contributed by atoms with Gasteiger partial charge in [0.15, 0.2) is 0 Å². The standard InChI is InChI=1S/C2H4N2O2S/c5-7(6)2-3-1-4-7/h1H,2H2,(H,3,4). The molecule has 0 radical (unpaired) electrons. The summed E-state index contributed by atoms with van der Waals surface area (Å²) in [6.45, 7) is 0. The van der Waals surface area contributed by atoms with Gasteiger partial charge in [0.2, 0.25) is 0 Å². The molecule has 4 nitrogen and oxygen atoms in total. The number of nitrogens with one attached hydrogen (secondary N) is 1. The molecule has 0 aromatic heterocycles. The molecule has 1 aliphatic rings. The van der Waals surface area contributed by atoms with E-state index >= 15 is 0 Å². The molecule has 0 aromatic carbocycles. The Balaban J connectivity index is 2.99. The summed E-state index contributed by atoms with van der Waals surface area (Å²) in [5, 5.41) is 2.43. The Labute approximate surface area is 41.3 Å². The van der Waals surface area contributed by atoms with E-state index in [2.05, 4.69) is 9.71 Å². The first-order chi connectivity index (χ1) is 3.21. The van der Waals surface area contributed by atoms with E-state index in [1.807, 2.05) is 0 Å². The molecule has 0 unspecified atom stereocenters. The lowest BCUT2D eigenvalue weighted by atomic mass is 11.2. The maximum absolute atomic E-state index is 10.2. The largest absolute Gasteiger partial charge is 0.360 e. The Morgan fingerprint density at radius 1 is 1.71 bits per heavy atom. The first-order valence-corrected chi connectivity index (χ1v) is 3.31. The molecular weight excluding hydrogens is 116 g/mol. The molecule has 0 saturated heterocycles. The summed E-state index contributed by atoms with van der Waals surface area (Å²) < 4.78 is 23.4. The molecule has 1 N–H and O–H groups in total. The van der Waals surface area contributed by atoms with Gasteiger partial charge >= 0.3 is 0 Å². The molecule has 0 saturated carbocycles. The molecule has 5 heteroatoms. The average molecular weight is 120 g/mol. The Hall–Kier alpha value is -0.580. The number of hydrogen-bond donors (Lipinski definition) is 1. The van der Waals surface area contributed by atoms with Gasteiger partial charge in [0.05, 0.1) is 0 Å². The molecule has 7 heavy (non-hydrogen) atoms. The van der Waals surface area contributed by atoms with Crippen LogP contribution in [0.1, 0.15) is 0 Å². The predicted octanol–water partition coefficient (Wildman–Crippen LogP) is -1.09. The lowest BCUT2D eigenvalue weighted by molar-refractivity contribution is 0.599. The topological polar surface area (TPSA) is 58.5 Å². The second-order valence-electron chi connectivity index (χ2n) is 1.16. The molecule has 1 heterocycles. The zero-order valence-corrected chi connectivity index (χ0v) is 4.27. The van der Waals surface area contributed by atoms with Crippen LogP contribution in [0.3, 0.4) is 0 Å². The minimum Gasteiger partial charge on any atom is -0.360 e. The molecule has 0 atom stereocenters. The second kappa shape index (κ2) is 1.19. The normalized spacial score (nSPS) is 24.6. The maximum atomic E-state index is 10.2. The van der Waals surface area contributed by atoms with Gasteiger partial charge < -0.3 is 5.32 Å². The van der Waals surface area contributed by atoms with Crippen molar-refractivity contribution in [2.24, 2.45) is 4.40 Å². The summed E-state index contributed by atoms with van der Waals surface area (Å²) in [6.07, 6.45) is 1.18. The first kappa shape index (κ1) is 4.58. The molecule has 0 amide bonds. The number of rotatable bonds is 0. The second-order valence-corrected chi connectivity index (χ2v) is 2.83. The fourth-order valence-electron chi connectivity index (χ4n) is 0.297. The van der Waals surface area contributed by atoms with E-state index in [-0.39, 0.29) is 5.88 Å². The lowest BCUT2D eigenvalue weighted by Gasteiger charge is -1.80. The summed E-state index contributed by atoms with van der Waals surface area (Å²) >= 11 is 0. The van der Waals surface area contributed by atoms with Crippen molar-refractivity contribution in [2.75, 3.05) is 5.88 Å². The maximum Gasteiger partial charge on any atom is 0.272 e. The highest BCUT2D eigenvalue weighted by atomic mass is 32.2. The minimum atomic E-state index is -3.09. The van der Waals surface area contributed by atoms with Crippen molar-refractivity contribution in [3.05, 3.63) is 0 Å². The van der Waals surface area contributed by atoms with Crippen LogP contribution in [0.5, 0.6) is 0 Å². The van der Waals surface area contributed by atoms with Crippen LogP contribution in [-0.2, 0) is 10.0 Å². The van der Waals surface area contributed by atoms with Crippen molar-refractivity contribution in [2.45, 2.75) is 0 Å². The van der Waals surface area contributed by atoms with Crippen LogP contribution in [0, 0.1) is 0 Å². The van der Waals surface area contributed by atoms with Crippen LogP contribution in [0.2, 0.25) is 0 Å². The zero-order chi connectivity index (χ0) is 5.33. The molecule has 40 valence electrons. The zero-order valence-electron chi connectivity index (χ0n) is 3.46. The monoisotopic (exact) mass is 120 g/mol. The third-order valence-corrected chi connectivity index (χ3v) is 1.53. The van der Waals surface area contributed by atoms with Gasteiger partial charge in [0, 0.05) is 0 Å². The summed E-state index contributed by atoms with van der Waals surface area (Å²) in [5.74, 6) is -0.0486. The van der Waals surface area contributed by atoms with Crippen molar-refractivity contribution in [3.63, 3.8) is 0 Å². The van der Waals surface area contributed by atoms with E-state index in [1.54, 1.807) is 0 Å². The average Bonchev–Trinajstić information content (AvgIpc) is 1.84. The van der Waals surface area contributed by atoms with Gasteiger partial charge in [-0.3, -0.25) is 0 Å². The third kappa shape index (κ3) is 0.894. The van der Waals surface area contributed by atoms with Crippen LogP contribution >= 0.6 is 0 Å². The van der Waals surface area contributed by atoms with Gasteiger partial charge in [-0.05, 0) is 0 Å². The summed E-state index contributed by atoms with van der Waals surface area (Å²) in [7, 11) is -3.09. The highest BCUT2D eigenvalue weighted by molar-refractivity contribution is 7.90. The quantitative estimate of drug-likeness (QED) is 0.441.